The van der Waals surface area contributed by atoms with E-state index >= 15 is 0 Å². The van der Waals surface area contributed by atoms with Gasteiger partial charge in [0.05, 0.1) is 11.7 Å². The Hall–Kier alpha value is -2.50. The molecule has 1 amide bonds. The van der Waals surface area contributed by atoms with Crippen molar-refractivity contribution in [2.75, 3.05) is 11.9 Å². The van der Waals surface area contributed by atoms with E-state index in [0.717, 1.165) is 17.1 Å². The van der Waals surface area contributed by atoms with Gasteiger partial charge >= 0.3 is 0 Å². The van der Waals surface area contributed by atoms with Crippen molar-refractivity contribution in [1.29, 1.82) is 0 Å². The summed E-state index contributed by atoms with van der Waals surface area (Å²) >= 11 is 0. The average molecular weight is 299 g/mol. The molecule has 0 fully saturated rings. The van der Waals surface area contributed by atoms with Crippen molar-refractivity contribution in [3.05, 3.63) is 47.5 Å². The number of hydrogen-bond donors (Lipinski definition) is 2. The predicted octanol–water partition coefficient (Wildman–Crippen LogP) is 2.17. The third-order valence-corrected chi connectivity index (χ3v) is 3.13. The maximum absolute atomic E-state index is 11.9. The summed E-state index contributed by atoms with van der Waals surface area (Å²) in [5, 5.41) is 5.99. The molecule has 0 saturated heterocycles. The highest BCUT2D eigenvalue weighted by Crippen LogP contribution is 2.08. The summed E-state index contributed by atoms with van der Waals surface area (Å²) < 4.78 is 0. The van der Waals surface area contributed by atoms with Crippen LogP contribution in [0.1, 0.15) is 36.5 Å². The van der Waals surface area contributed by atoms with Crippen LogP contribution in [0.15, 0.2) is 30.5 Å². The highest BCUT2D eigenvalue weighted by molar-refractivity contribution is 5.76. The zero-order valence-electron chi connectivity index (χ0n) is 13.1. The second-order valence-corrected chi connectivity index (χ2v) is 5.19. The summed E-state index contributed by atoms with van der Waals surface area (Å²) in [5.74, 6) is 0.526. The number of amides is 1. The zero-order chi connectivity index (χ0) is 15.9. The fourth-order valence-corrected chi connectivity index (χ4v) is 2.11. The molecule has 0 aliphatic heterocycles. The lowest BCUT2D eigenvalue weighted by Gasteiger charge is -2.13. The maximum Gasteiger partial charge on any atom is 0.223 e. The molecule has 0 radical (unpaired) electrons. The van der Waals surface area contributed by atoms with Gasteiger partial charge in [0.15, 0.2) is 0 Å². The van der Waals surface area contributed by atoms with Crippen LogP contribution >= 0.6 is 0 Å². The SMILES string of the molecule is Cc1cc(C)nc(NCCC(=O)NC(C)c2ccccn2)n1. The Morgan fingerprint density at radius 2 is 1.95 bits per heavy atom. The molecule has 22 heavy (non-hydrogen) atoms. The zero-order valence-corrected chi connectivity index (χ0v) is 13.1. The molecule has 0 spiro atoms. The normalized spacial score (nSPS) is 11.8. The van der Waals surface area contributed by atoms with Crippen molar-refractivity contribution < 1.29 is 4.79 Å². The molecule has 0 bridgehead atoms. The van der Waals surface area contributed by atoms with Gasteiger partial charge in [-0.05, 0) is 39.0 Å². The van der Waals surface area contributed by atoms with Gasteiger partial charge in [0.2, 0.25) is 11.9 Å². The lowest BCUT2D eigenvalue weighted by molar-refractivity contribution is -0.121. The van der Waals surface area contributed by atoms with Gasteiger partial charge < -0.3 is 10.6 Å². The van der Waals surface area contributed by atoms with Crippen molar-refractivity contribution in [3.63, 3.8) is 0 Å². The fraction of sp³-hybridized carbons (Fsp3) is 0.375. The number of pyridine rings is 1. The highest BCUT2D eigenvalue weighted by atomic mass is 16.1. The Kier molecular flexibility index (Phi) is 5.41. The molecule has 2 rings (SSSR count). The first-order valence-corrected chi connectivity index (χ1v) is 7.31. The van der Waals surface area contributed by atoms with E-state index in [1.165, 1.54) is 0 Å². The van der Waals surface area contributed by atoms with Crippen LogP contribution in [0, 0.1) is 13.8 Å². The third-order valence-electron chi connectivity index (χ3n) is 3.13. The minimum Gasteiger partial charge on any atom is -0.354 e. The largest absolute Gasteiger partial charge is 0.354 e. The Morgan fingerprint density at radius 3 is 2.59 bits per heavy atom. The van der Waals surface area contributed by atoms with Crippen molar-refractivity contribution in [2.45, 2.75) is 33.2 Å². The molecular formula is C16H21N5O. The van der Waals surface area contributed by atoms with Crippen molar-refractivity contribution in [1.82, 2.24) is 20.3 Å². The minimum atomic E-state index is -0.105. The third kappa shape index (κ3) is 4.80. The van der Waals surface area contributed by atoms with Crippen LogP contribution in [0.5, 0.6) is 0 Å². The van der Waals surface area contributed by atoms with E-state index in [1.54, 1.807) is 6.20 Å². The number of nitrogens with zero attached hydrogens (tertiary/aromatic N) is 3. The van der Waals surface area contributed by atoms with Crippen molar-refractivity contribution in [3.8, 4) is 0 Å². The number of aryl methyl sites for hydroxylation is 2. The molecule has 2 heterocycles. The van der Waals surface area contributed by atoms with Gasteiger partial charge in [0.1, 0.15) is 0 Å². The van der Waals surface area contributed by atoms with Gasteiger partial charge in [-0.1, -0.05) is 6.07 Å². The second kappa shape index (κ2) is 7.49. The standard InChI is InChI=1S/C16H21N5O/c1-11-10-12(2)20-16(19-11)18-9-7-15(22)21-13(3)14-6-4-5-8-17-14/h4-6,8,10,13H,7,9H2,1-3H3,(H,21,22)(H,18,19,20). The molecule has 2 aromatic rings. The van der Waals surface area contributed by atoms with Gasteiger partial charge in [0.25, 0.3) is 0 Å². The van der Waals surface area contributed by atoms with E-state index in [-0.39, 0.29) is 11.9 Å². The number of carbonyl (C=O) groups is 1. The molecule has 6 nitrogen and oxygen atoms in total. The van der Waals surface area contributed by atoms with Crippen LogP contribution in [0.3, 0.4) is 0 Å². The molecule has 116 valence electrons. The lowest BCUT2D eigenvalue weighted by atomic mass is 10.2. The van der Waals surface area contributed by atoms with E-state index in [9.17, 15) is 4.79 Å². The van der Waals surface area contributed by atoms with E-state index < -0.39 is 0 Å². The topological polar surface area (TPSA) is 79.8 Å². The van der Waals surface area contributed by atoms with Gasteiger partial charge in [-0.3, -0.25) is 9.78 Å². The Balaban J connectivity index is 1.78. The average Bonchev–Trinajstić information content (AvgIpc) is 2.47. The molecule has 6 heteroatoms. The number of hydrogen-bond acceptors (Lipinski definition) is 5. The first kappa shape index (κ1) is 15.9. The monoisotopic (exact) mass is 299 g/mol. The van der Waals surface area contributed by atoms with E-state index in [0.29, 0.717) is 18.9 Å². The minimum absolute atomic E-state index is 0.0324. The molecular weight excluding hydrogens is 278 g/mol. The van der Waals surface area contributed by atoms with Crippen LogP contribution in [-0.2, 0) is 4.79 Å². The molecule has 2 N–H and O–H groups in total. The quantitative estimate of drug-likeness (QED) is 0.854. The summed E-state index contributed by atoms with van der Waals surface area (Å²) in [6, 6.07) is 7.46. The maximum atomic E-state index is 11.9. The summed E-state index contributed by atoms with van der Waals surface area (Å²) in [4.78, 5) is 24.7. The van der Waals surface area contributed by atoms with Crippen LogP contribution in [0.25, 0.3) is 0 Å². The van der Waals surface area contributed by atoms with Crippen LogP contribution in [0.4, 0.5) is 5.95 Å². The summed E-state index contributed by atoms with van der Waals surface area (Å²) in [7, 11) is 0. The predicted molar refractivity (Wildman–Crippen MR) is 85.4 cm³/mol. The summed E-state index contributed by atoms with van der Waals surface area (Å²) in [5.41, 5.74) is 2.66. The summed E-state index contributed by atoms with van der Waals surface area (Å²) in [6.45, 7) is 6.24. The van der Waals surface area contributed by atoms with E-state index in [1.807, 2.05) is 45.0 Å². The van der Waals surface area contributed by atoms with Crippen molar-refractivity contribution >= 4 is 11.9 Å². The number of carbonyl (C=O) groups excluding carboxylic acids is 1. The van der Waals surface area contributed by atoms with E-state index in [4.69, 9.17) is 0 Å². The van der Waals surface area contributed by atoms with Gasteiger partial charge in [-0.2, -0.15) is 0 Å². The Bertz CT molecular complexity index is 609. The van der Waals surface area contributed by atoms with Gasteiger partial charge in [-0.25, -0.2) is 9.97 Å². The molecule has 0 aliphatic carbocycles. The summed E-state index contributed by atoms with van der Waals surface area (Å²) in [6.07, 6.45) is 2.07. The molecule has 1 unspecified atom stereocenters. The second-order valence-electron chi connectivity index (χ2n) is 5.19. The number of nitrogens with one attached hydrogen (secondary N) is 2. The molecule has 0 aromatic carbocycles. The van der Waals surface area contributed by atoms with Gasteiger partial charge in [-0.15, -0.1) is 0 Å². The fourth-order valence-electron chi connectivity index (χ4n) is 2.11. The molecule has 1 atom stereocenters. The first-order valence-electron chi connectivity index (χ1n) is 7.31. The number of aromatic nitrogens is 3. The number of rotatable bonds is 6. The number of anilines is 1. The van der Waals surface area contributed by atoms with Crippen molar-refractivity contribution in [2.24, 2.45) is 0 Å². The van der Waals surface area contributed by atoms with Crippen LogP contribution in [0.2, 0.25) is 0 Å². The highest BCUT2D eigenvalue weighted by Gasteiger charge is 2.10. The van der Waals surface area contributed by atoms with E-state index in [2.05, 4.69) is 25.6 Å². The molecule has 2 aromatic heterocycles. The van der Waals surface area contributed by atoms with Crippen LogP contribution in [-0.4, -0.2) is 27.4 Å². The molecule has 0 saturated carbocycles. The lowest BCUT2D eigenvalue weighted by Crippen LogP contribution is -2.28. The Morgan fingerprint density at radius 1 is 1.23 bits per heavy atom. The van der Waals surface area contributed by atoms with Gasteiger partial charge in [0, 0.05) is 30.6 Å². The first-order chi connectivity index (χ1) is 10.5. The van der Waals surface area contributed by atoms with Crippen LogP contribution < -0.4 is 10.6 Å². The molecule has 0 aliphatic rings. The smallest absolute Gasteiger partial charge is 0.223 e. The Labute approximate surface area is 130 Å².